The molecule has 39 heavy (non-hydrogen) atoms. The lowest BCUT2D eigenvalue weighted by Gasteiger charge is -2.10. The molecule has 0 aliphatic carbocycles. The second-order valence-corrected chi connectivity index (χ2v) is 9.60. The Morgan fingerprint density at radius 3 is 1.97 bits per heavy atom. The third kappa shape index (κ3) is 4.04. The Labute approximate surface area is 229 Å². The summed E-state index contributed by atoms with van der Waals surface area (Å²) < 4.78 is 16.2. The summed E-state index contributed by atoms with van der Waals surface area (Å²) >= 11 is 6.13. The third-order valence-electron chi connectivity index (χ3n) is 6.80. The minimum Gasteiger partial charge on any atom is -0.309 e. The van der Waals surface area contributed by atoms with Crippen LogP contribution in [0.1, 0.15) is 0 Å². The molecule has 0 bridgehead atoms. The van der Waals surface area contributed by atoms with Gasteiger partial charge in [0, 0.05) is 33.2 Å². The Balaban J connectivity index is 1.54. The molecule has 0 fully saturated rings. The number of hydrogen-bond donors (Lipinski definition) is 0. The zero-order valence-electron chi connectivity index (χ0n) is 20.6. The summed E-state index contributed by atoms with van der Waals surface area (Å²) in [6.07, 6.45) is 0. The number of benzene rings is 5. The van der Waals surface area contributed by atoms with Crippen LogP contribution in [0.3, 0.4) is 0 Å². The molecule has 0 spiro atoms. The van der Waals surface area contributed by atoms with E-state index in [1.165, 1.54) is 6.07 Å². The van der Waals surface area contributed by atoms with Crippen molar-refractivity contribution >= 4 is 33.4 Å². The molecule has 2 heterocycles. The normalized spacial score (nSPS) is 11.3. The average Bonchev–Trinajstić information content (AvgIpc) is 3.34. The van der Waals surface area contributed by atoms with Gasteiger partial charge in [-0.25, -0.2) is 19.3 Å². The van der Waals surface area contributed by atoms with Crippen molar-refractivity contribution in [3.8, 4) is 39.9 Å². The fourth-order valence-corrected chi connectivity index (χ4v) is 5.22. The molecule has 0 N–H and O–H groups in total. The molecule has 0 aliphatic heterocycles. The van der Waals surface area contributed by atoms with Crippen LogP contribution in [0.15, 0.2) is 121 Å². The lowest BCUT2D eigenvalue weighted by molar-refractivity contribution is 0.628. The Bertz CT molecular complexity index is 1990. The predicted molar refractivity (Wildman–Crippen MR) is 155 cm³/mol. The van der Waals surface area contributed by atoms with Gasteiger partial charge in [-0.1, -0.05) is 90.5 Å². The van der Waals surface area contributed by atoms with E-state index in [-0.39, 0.29) is 5.02 Å². The number of hydrogen-bond acceptors (Lipinski definition) is 3. The van der Waals surface area contributed by atoms with Crippen LogP contribution in [-0.2, 0) is 0 Å². The SMILES string of the molecule is Fc1ccc(-c2nc(-c3ccccc3)nc(-c3cccc4c3c3ccccc3n4-c3ccccc3)n2)cc1Cl. The second kappa shape index (κ2) is 9.46. The first-order valence-corrected chi connectivity index (χ1v) is 12.9. The van der Waals surface area contributed by atoms with Gasteiger partial charge in [0.05, 0.1) is 16.1 Å². The summed E-state index contributed by atoms with van der Waals surface area (Å²) in [5.41, 5.74) is 5.56. The maximum Gasteiger partial charge on any atom is 0.164 e. The van der Waals surface area contributed by atoms with Gasteiger partial charge < -0.3 is 4.57 Å². The van der Waals surface area contributed by atoms with Crippen molar-refractivity contribution in [2.75, 3.05) is 0 Å². The minimum absolute atomic E-state index is 0.0174. The first-order valence-electron chi connectivity index (χ1n) is 12.5. The Kier molecular flexibility index (Phi) is 5.64. The molecule has 186 valence electrons. The van der Waals surface area contributed by atoms with Crippen LogP contribution in [0.2, 0.25) is 5.02 Å². The van der Waals surface area contributed by atoms with E-state index >= 15 is 0 Å². The van der Waals surface area contributed by atoms with E-state index in [0.29, 0.717) is 23.0 Å². The molecule has 0 aliphatic rings. The quantitative estimate of drug-likeness (QED) is 0.230. The number of rotatable bonds is 4. The van der Waals surface area contributed by atoms with Crippen LogP contribution in [0.4, 0.5) is 4.39 Å². The fourth-order valence-electron chi connectivity index (χ4n) is 5.04. The molecule has 0 saturated heterocycles. The summed E-state index contributed by atoms with van der Waals surface area (Å²) in [7, 11) is 0. The van der Waals surface area contributed by atoms with E-state index < -0.39 is 5.82 Å². The lowest BCUT2D eigenvalue weighted by atomic mass is 10.1. The first-order chi connectivity index (χ1) is 19.2. The molecule has 0 amide bonds. The molecule has 7 rings (SSSR count). The highest BCUT2D eigenvalue weighted by Gasteiger charge is 2.19. The van der Waals surface area contributed by atoms with E-state index in [9.17, 15) is 4.39 Å². The monoisotopic (exact) mass is 526 g/mol. The number of halogens is 2. The fraction of sp³-hybridized carbons (Fsp3) is 0. The van der Waals surface area contributed by atoms with E-state index in [1.54, 1.807) is 12.1 Å². The number of para-hydroxylation sites is 2. The van der Waals surface area contributed by atoms with Crippen molar-refractivity contribution in [1.29, 1.82) is 0 Å². The third-order valence-corrected chi connectivity index (χ3v) is 7.09. The Hall–Kier alpha value is -4.87. The van der Waals surface area contributed by atoms with E-state index in [1.807, 2.05) is 72.8 Å². The maximum atomic E-state index is 14.0. The van der Waals surface area contributed by atoms with Crippen LogP contribution in [-0.4, -0.2) is 19.5 Å². The highest BCUT2D eigenvalue weighted by molar-refractivity contribution is 6.31. The van der Waals surface area contributed by atoms with Crippen LogP contribution in [0.25, 0.3) is 61.7 Å². The van der Waals surface area contributed by atoms with E-state index in [4.69, 9.17) is 26.6 Å². The maximum absolute atomic E-state index is 14.0. The molecular formula is C33H20ClFN4. The number of fused-ring (bicyclic) bond motifs is 3. The van der Waals surface area contributed by atoms with Gasteiger partial charge >= 0.3 is 0 Å². The van der Waals surface area contributed by atoms with Crippen LogP contribution in [0, 0.1) is 5.82 Å². The van der Waals surface area contributed by atoms with Gasteiger partial charge in [0.25, 0.3) is 0 Å². The van der Waals surface area contributed by atoms with Gasteiger partial charge in [0.2, 0.25) is 0 Å². The summed E-state index contributed by atoms with van der Waals surface area (Å²) in [5, 5.41) is 2.16. The van der Waals surface area contributed by atoms with Gasteiger partial charge in [-0.15, -0.1) is 0 Å². The van der Waals surface area contributed by atoms with Crippen molar-refractivity contribution in [3.63, 3.8) is 0 Å². The van der Waals surface area contributed by atoms with Crippen LogP contribution in [0.5, 0.6) is 0 Å². The standard InChI is InChI=1S/C33H20ClFN4/c34-26-20-22(18-19-27(26)35)32-36-31(21-10-3-1-4-11-21)37-33(38-32)25-15-9-17-29-30(25)24-14-7-8-16-28(24)39(29)23-12-5-2-6-13-23/h1-20H. The molecule has 2 aromatic heterocycles. The van der Waals surface area contributed by atoms with Gasteiger partial charge in [-0.05, 0) is 42.5 Å². The number of aromatic nitrogens is 4. The van der Waals surface area contributed by atoms with E-state index in [0.717, 1.165) is 38.6 Å². The highest BCUT2D eigenvalue weighted by atomic mass is 35.5. The highest BCUT2D eigenvalue weighted by Crippen LogP contribution is 2.38. The smallest absolute Gasteiger partial charge is 0.164 e. The topological polar surface area (TPSA) is 43.6 Å². The predicted octanol–water partition coefficient (Wildman–Crippen LogP) is 8.76. The van der Waals surface area contributed by atoms with Gasteiger partial charge in [-0.3, -0.25) is 0 Å². The molecule has 5 aromatic carbocycles. The molecule has 0 radical (unpaired) electrons. The lowest BCUT2D eigenvalue weighted by Crippen LogP contribution is -2.00. The molecule has 0 saturated carbocycles. The Morgan fingerprint density at radius 1 is 0.564 bits per heavy atom. The molecule has 0 unspecified atom stereocenters. The van der Waals surface area contributed by atoms with Crippen molar-refractivity contribution < 1.29 is 4.39 Å². The van der Waals surface area contributed by atoms with Crippen LogP contribution >= 0.6 is 11.6 Å². The zero-order chi connectivity index (χ0) is 26.3. The molecule has 6 heteroatoms. The molecular weight excluding hydrogens is 507 g/mol. The van der Waals surface area contributed by atoms with E-state index in [2.05, 4.69) is 34.9 Å². The van der Waals surface area contributed by atoms with Crippen molar-refractivity contribution in [3.05, 3.63) is 132 Å². The summed E-state index contributed by atoms with van der Waals surface area (Å²) in [5.74, 6) is 0.988. The van der Waals surface area contributed by atoms with Crippen molar-refractivity contribution in [2.45, 2.75) is 0 Å². The Morgan fingerprint density at radius 2 is 1.21 bits per heavy atom. The summed E-state index contributed by atoms with van der Waals surface area (Å²) in [6, 6.07) is 39.1. The summed E-state index contributed by atoms with van der Waals surface area (Å²) in [4.78, 5) is 14.6. The minimum atomic E-state index is -0.489. The first kappa shape index (κ1) is 23.3. The van der Waals surface area contributed by atoms with Gasteiger partial charge in [0.15, 0.2) is 17.5 Å². The van der Waals surface area contributed by atoms with Crippen molar-refractivity contribution in [1.82, 2.24) is 19.5 Å². The number of nitrogens with zero attached hydrogens (tertiary/aromatic N) is 4. The molecule has 7 aromatic rings. The van der Waals surface area contributed by atoms with Crippen LogP contribution < -0.4 is 0 Å². The second-order valence-electron chi connectivity index (χ2n) is 9.19. The average molecular weight is 527 g/mol. The molecule has 4 nitrogen and oxygen atoms in total. The summed E-state index contributed by atoms with van der Waals surface area (Å²) in [6.45, 7) is 0. The largest absolute Gasteiger partial charge is 0.309 e. The van der Waals surface area contributed by atoms with Gasteiger partial charge in [0.1, 0.15) is 5.82 Å². The zero-order valence-corrected chi connectivity index (χ0v) is 21.3. The van der Waals surface area contributed by atoms with Crippen molar-refractivity contribution in [2.24, 2.45) is 0 Å². The van der Waals surface area contributed by atoms with Gasteiger partial charge in [-0.2, -0.15) is 0 Å². The molecule has 0 atom stereocenters.